The van der Waals surface area contributed by atoms with Crippen molar-refractivity contribution in [3.63, 3.8) is 0 Å². The molecule has 0 aliphatic rings. The van der Waals surface area contributed by atoms with Crippen LogP contribution in [-0.2, 0) is 0 Å². The summed E-state index contributed by atoms with van der Waals surface area (Å²) in [5.41, 5.74) is 2.92. The van der Waals surface area contributed by atoms with Crippen LogP contribution in [0.15, 0.2) is 58.2 Å². The second kappa shape index (κ2) is 4.59. The Morgan fingerprint density at radius 2 is 1.86 bits per heavy atom. The normalized spacial score (nSPS) is 11.8. The molecule has 0 atom stereocenters. The summed E-state index contributed by atoms with van der Waals surface area (Å²) in [5.74, 6) is 0.602. The maximum absolute atomic E-state index is 13.0. The molecule has 0 saturated carbocycles. The van der Waals surface area contributed by atoms with Gasteiger partial charge < -0.3 is 8.98 Å². The molecule has 0 N–H and O–H groups in total. The van der Waals surface area contributed by atoms with E-state index in [4.69, 9.17) is 4.42 Å². The minimum Gasteiger partial charge on any atom is -0.463 e. The average molecular weight is 293 g/mol. The molecule has 110 valence electrons. The fourth-order valence-corrected chi connectivity index (χ4v) is 2.94. The minimum atomic E-state index is -0.0578. The van der Waals surface area contributed by atoms with Crippen LogP contribution < -0.4 is 5.56 Å². The fraction of sp³-hybridized carbons (Fsp3) is 0.176. The van der Waals surface area contributed by atoms with Crippen molar-refractivity contribution >= 4 is 16.6 Å². The van der Waals surface area contributed by atoms with Crippen molar-refractivity contribution in [2.75, 3.05) is 0 Å². The van der Waals surface area contributed by atoms with E-state index in [2.05, 4.69) is 4.98 Å². The number of imidazole rings is 1. The molecule has 4 aromatic rings. The van der Waals surface area contributed by atoms with E-state index in [1.54, 1.807) is 23.2 Å². The molecule has 0 saturated heterocycles. The average Bonchev–Trinajstić information content (AvgIpc) is 3.16. The Morgan fingerprint density at radius 1 is 1.09 bits per heavy atom. The Kier molecular flexibility index (Phi) is 2.69. The van der Waals surface area contributed by atoms with E-state index in [0.29, 0.717) is 17.0 Å². The number of fused-ring (bicyclic) bond motifs is 3. The van der Waals surface area contributed by atoms with Crippen LogP contribution in [0.25, 0.3) is 28.0 Å². The zero-order chi connectivity index (χ0) is 15.3. The molecule has 0 amide bonds. The molecule has 0 fully saturated rings. The minimum absolute atomic E-state index is 0.0572. The van der Waals surface area contributed by atoms with Crippen LogP contribution in [0.2, 0.25) is 0 Å². The number of hydrogen-bond donors (Lipinski definition) is 0. The van der Waals surface area contributed by atoms with Gasteiger partial charge in [-0.2, -0.15) is 0 Å². The van der Waals surface area contributed by atoms with Crippen molar-refractivity contribution < 1.29 is 4.42 Å². The van der Waals surface area contributed by atoms with Gasteiger partial charge in [0.05, 0.1) is 17.3 Å². The topological polar surface area (TPSA) is 52.4 Å². The number of benzene rings is 1. The molecule has 0 bridgehead atoms. The van der Waals surface area contributed by atoms with E-state index >= 15 is 0 Å². The molecule has 1 aromatic carbocycles. The van der Waals surface area contributed by atoms with E-state index in [1.165, 1.54) is 0 Å². The summed E-state index contributed by atoms with van der Waals surface area (Å²) in [5, 5.41) is 0. The first kappa shape index (κ1) is 12.9. The standard InChI is InChI=1S/C17H15N3O2/c1-11(2)20-13-7-4-3-6-12(13)19-10-18-15(16(19)17(20)21)14-8-5-9-22-14/h3-11H,1-2H3. The van der Waals surface area contributed by atoms with E-state index in [-0.39, 0.29) is 11.6 Å². The first-order valence-electron chi connectivity index (χ1n) is 7.22. The number of aromatic nitrogens is 3. The zero-order valence-electron chi connectivity index (χ0n) is 12.4. The molecule has 22 heavy (non-hydrogen) atoms. The monoisotopic (exact) mass is 293 g/mol. The Hall–Kier alpha value is -2.82. The summed E-state index contributed by atoms with van der Waals surface area (Å²) in [6.45, 7) is 4.01. The highest BCUT2D eigenvalue weighted by molar-refractivity contribution is 5.84. The predicted octanol–water partition coefficient (Wildman–Crippen LogP) is 3.49. The molecule has 5 nitrogen and oxygen atoms in total. The van der Waals surface area contributed by atoms with Gasteiger partial charge in [-0.15, -0.1) is 0 Å². The Morgan fingerprint density at radius 3 is 2.55 bits per heavy atom. The van der Waals surface area contributed by atoms with E-state index < -0.39 is 0 Å². The summed E-state index contributed by atoms with van der Waals surface area (Å²) >= 11 is 0. The highest BCUT2D eigenvalue weighted by Gasteiger charge is 2.19. The smallest absolute Gasteiger partial charge is 0.278 e. The van der Waals surface area contributed by atoms with Gasteiger partial charge in [0, 0.05) is 6.04 Å². The fourth-order valence-electron chi connectivity index (χ4n) is 2.94. The van der Waals surface area contributed by atoms with Crippen LogP contribution >= 0.6 is 0 Å². The number of rotatable bonds is 2. The van der Waals surface area contributed by atoms with E-state index in [0.717, 1.165) is 11.0 Å². The maximum Gasteiger partial charge on any atom is 0.278 e. The van der Waals surface area contributed by atoms with Crippen LogP contribution in [0.3, 0.4) is 0 Å². The molecule has 0 unspecified atom stereocenters. The van der Waals surface area contributed by atoms with Crippen molar-refractivity contribution in [2.24, 2.45) is 0 Å². The SMILES string of the molecule is CC(C)n1c(=O)c2c(-c3ccco3)ncn2c2ccccc21. The molecule has 5 heteroatoms. The summed E-state index contributed by atoms with van der Waals surface area (Å²) in [7, 11) is 0. The second-order valence-corrected chi connectivity index (χ2v) is 5.55. The van der Waals surface area contributed by atoms with Gasteiger partial charge in [0.15, 0.2) is 5.76 Å². The predicted molar refractivity (Wildman–Crippen MR) is 85.0 cm³/mol. The van der Waals surface area contributed by atoms with Gasteiger partial charge in [-0.3, -0.25) is 9.20 Å². The second-order valence-electron chi connectivity index (χ2n) is 5.55. The van der Waals surface area contributed by atoms with Crippen molar-refractivity contribution in [1.29, 1.82) is 0 Å². The lowest BCUT2D eigenvalue weighted by molar-refractivity contribution is 0.580. The van der Waals surface area contributed by atoms with Gasteiger partial charge in [0.1, 0.15) is 17.5 Å². The van der Waals surface area contributed by atoms with Gasteiger partial charge in [-0.1, -0.05) is 12.1 Å². The van der Waals surface area contributed by atoms with Gasteiger partial charge in [-0.05, 0) is 38.1 Å². The van der Waals surface area contributed by atoms with Crippen molar-refractivity contribution in [3.8, 4) is 11.5 Å². The van der Waals surface area contributed by atoms with Crippen molar-refractivity contribution in [2.45, 2.75) is 19.9 Å². The first-order valence-corrected chi connectivity index (χ1v) is 7.22. The quantitative estimate of drug-likeness (QED) is 0.568. The Labute approximate surface area is 126 Å². The third-order valence-electron chi connectivity index (χ3n) is 3.86. The highest BCUT2D eigenvalue weighted by Crippen LogP contribution is 2.25. The zero-order valence-corrected chi connectivity index (χ0v) is 12.4. The highest BCUT2D eigenvalue weighted by atomic mass is 16.3. The third-order valence-corrected chi connectivity index (χ3v) is 3.86. The summed E-state index contributed by atoms with van der Waals surface area (Å²) in [6, 6.07) is 11.5. The van der Waals surface area contributed by atoms with Crippen LogP contribution in [0, 0.1) is 0 Å². The summed E-state index contributed by atoms with van der Waals surface area (Å²) < 4.78 is 9.08. The molecule has 0 aliphatic carbocycles. The lowest BCUT2D eigenvalue weighted by Gasteiger charge is -2.15. The van der Waals surface area contributed by atoms with Crippen molar-refractivity contribution in [1.82, 2.24) is 14.0 Å². The molecule has 4 rings (SSSR count). The summed E-state index contributed by atoms with van der Waals surface area (Å²) in [4.78, 5) is 17.4. The molecule has 0 radical (unpaired) electrons. The molecule has 0 spiro atoms. The van der Waals surface area contributed by atoms with Crippen molar-refractivity contribution in [3.05, 3.63) is 59.3 Å². The molecule has 3 aromatic heterocycles. The third kappa shape index (κ3) is 1.65. The first-order chi connectivity index (χ1) is 10.7. The number of furan rings is 1. The molecular weight excluding hydrogens is 278 g/mol. The Balaban J connectivity index is 2.24. The Bertz CT molecular complexity index is 1020. The molecule has 3 heterocycles. The largest absolute Gasteiger partial charge is 0.463 e. The van der Waals surface area contributed by atoms with E-state index in [1.807, 2.05) is 48.6 Å². The van der Waals surface area contributed by atoms with Crippen LogP contribution in [-0.4, -0.2) is 14.0 Å². The number of para-hydroxylation sites is 2. The van der Waals surface area contributed by atoms with Gasteiger partial charge >= 0.3 is 0 Å². The van der Waals surface area contributed by atoms with E-state index in [9.17, 15) is 4.79 Å². The summed E-state index contributed by atoms with van der Waals surface area (Å²) in [6.07, 6.45) is 3.27. The molecule has 0 aliphatic heterocycles. The van der Waals surface area contributed by atoms with Crippen LogP contribution in [0.5, 0.6) is 0 Å². The van der Waals surface area contributed by atoms with Crippen LogP contribution in [0.4, 0.5) is 0 Å². The van der Waals surface area contributed by atoms with Gasteiger partial charge in [0.25, 0.3) is 5.56 Å². The lowest BCUT2D eigenvalue weighted by Crippen LogP contribution is -2.24. The number of hydrogen-bond acceptors (Lipinski definition) is 3. The number of nitrogens with zero attached hydrogens (tertiary/aromatic N) is 3. The van der Waals surface area contributed by atoms with Gasteiger partial charge in [-0.25, -0.2) is 4.98 Å². The van der Waals surface area contributed by atoms with Crippen LogP contribution in [0.1, 0.15) is 19.9 Å². The lowest BCUT2D eigenvalue weighted by atomic mass is 10.2. The maximum atomic E-state index is 13.0. The van der Waals surface area contributed by atoms with Gasteiger partial charge in [0.2, 0.25) is 0 Å². The molecular formula is C17H15N3O2.